The topological polar surface area (TPSA) is 20.2 Å². The molecule has 2 aromatic carbocycles. The summed E-state index contributed by atoms with van der Waals surface area (Å²) in [5, 5.41) is 10.5. The van der Waals surface area contributed by atoms with Crippen molar-refractivity contribution in [3.8, 4) is 11.8 Å². The Kier molecular flexibility index (Phi) is 3.82. The van der Waals surface area contributed by atoms with Crippen molar-refractivity contribution in [3.63, 3.8) is 0 Å². The van der Waals surface area contributed by atoms with Crippen molar-refractivity contribution < 1.29 is 5.11 Å². The molecule has 0 bridgehead atoms. The van der Waals surface area contributed by atoms with Crippen LogP contribution in [0.5, 0.6) is 0 Å². The maximum Gasteiger partial charge on any atom is 0.140 e. The van der Waals surface area contributed by atoms with E-state index >= 15 is 0 Å². The lowest BCUT2D eigenvalue weighted by atomic mass is 10.1. The van der Waals surface area contributed by atoms with Crippen LogP contribution in [-0.4, -0.2) is 5.11 Å². The lowest BCUT2D eigenvalue weighted by molar-refractivity contribution is 0.238. The molecule has 0 aliphatic rings. The fourth-order valence-corrected chi connectivity index (χ4v) is 1.61. The van der Waals surface area contributed by atoms with E-state index in [1.54, 1.807) is 6.07 Å². The quantitative estimate of drug-likeness (QED) is 0.760. The van der Waals surface area contributed by atoms with Gasteiger partial charge in [0.25, 0.3) is 0 Å². The van der Waals surface area contributed by atoms with Crippen LogP contribution < -0.4 is 0 Å². The zero-order chi connectivity index (χ0) is 12.1. The van der Waals surface area contributed by atoms with Crippen LogP contribution >= 0.6 is 11.6 Å². The molecule has 1 nitrogen and oxygen atoms in total. The molecule has 17 heavy (non-hydrogen) atoms. The normalized spacial score (nSPS) is 11.4. The Bertz CT molecular complexity index is 552. The summed E-state index contributed by atoms with van der Waals surface area (Å²) in [5.74, 6) is 5.66. The molecule has 2 heteroatoms. The highest BCUT2D eigenvalue weighted by atomic mass is 35.5. The van der Waals surface area contributed by atoms with Gasteiger partial charge in [0.2, 0.25) is 0 Å². The summed E-state index contributed by atoms with van der Waals surface area (Å²) < 4.78 is 0. The molecule has 0 radical (unpaired) electrons. The van der Waals surface area contributed by atoms with Gasteiger partial charge in [-0.25, -0.2) is 0 Å². The van der Waals surface area contributed by atoms with Crippen LogP contribution in [0, 0.1) is 11.8 Å². The molecule has 0 fully saturated rings. The second kappa shape index (κ2) is 5.54. The Balaban J connectivity index is 2.21. The molecule has 1 N–H and O–H groups in total. The Morgan fingerprint density at radius 1 is 0.941 bits per heavy atom. The van der Waals surface area contributed by atoms with Crippen LogP contribution in [0.4, 0.5) is 0 Å². The maximum absolute atomic E-state index is 9.86. The second-order valence-electron chi connectivity index (χ2n) is 3.56. The minimum absolute atomic E-state index is 0.597. The Hall–Kier alpha value is -1.75. The van der Waals surface area contributed by atoms with Gasteiger partial charge in [0.05, 0.1) is 5.02 Å². The van der Waals surface area contributed by atoms with E-state index in [9.17, 15) is 5.11 Å². The Labute approximate surface area is 106 Å². The fourth-order valence-electron chi connectivity index (χ4n) is 1.43. The van der Waals surface area contributed by atoms with Crippen molar-refractivity contribution in [3.05, 3.63) is 70.7 Å². The van der Waals surface area contributed by atoms with E-state index in [4.69, 9.17) is 11.6 Å². The highest BCUT2D eigenvalue weighted by molar-refractivity contribution is 6.31. The van der Waals surface area contributed by atoms with Crippen LogP contribution in [0.25, 0.3) is 0 Å². The van der Waals surface area contributed by atoms with E-state index in [0.29, 0.717) is 5.02 Å². The summed E-state index contributed by atoms with van der Waals surface area (Å²) >= 11 is 5.97. The molecule has 0 spiro atoms. The fraction of sp³-hybridized carbons (Fsp3) is 0.0667. The molecule has 0 amide bonds. The number of hydrogen-bond donors (Lipinski definition) is 1. The third kappa shape index (κ3) is 3.10. The molecule has 2 aromatic rings. The van der Waals surface area contributed by atoms with E-state index in [1.165, 1.54) is 0 Å². The monoisotopic (exact) mass is 242 g/mol. The van der Waals surface area contributed by atoms with Gasteiger partial charge in [-0.15, -0.1) is 0 Å². The average molecular weight is 243 g/mol. The molecule has 0 aromatic heterocycles. The summed E-state index contributed by atoms with van der Waals surface area (Å²) in [6, 6.07) is 16.6. The first-order chi connectivity index (χ1) is 8.27. The zero-order valence-corrected chi connectivity index (χ0v) is 9.85. The number of halogens is 1. The molecule has 84 valence electrons. The molecule has 1 atom stereocenters. The number of aliphatic hydroxyl groups excluding tert-OH is 1. The third-order valence-electron chi connectivity index (χ3n) is 2.33. The summed E-state index contributed by atoms with van der Waals surface area (Å²) in [4.78, 5) is 0. The van der Waals surface area contributed by atoms with Crippen LogP contribution in [0.3, 0.4) is 0 Å². The van der Waals surface area contributed by atoms with Gasteiger partial charge in [-0.3, -0.25) is 0 Å². The smallest absolute Gasteiger partial charge is 0.140 e. The predicted molar refractivity (Wildman–Crippen MR) is 69.7 cm³/mol. The highest BCUT2D eigenvalue weighted by Crippen LogP contribution is 2.15. The summed E-state index contributed by atoms with van der Waals surface area (Å²) in [7, 11) is 0. The lowest BCUT2D eigenvalue weighted by Gasteiger charge is -2.02. The van der Waals surface area contributed by atoms with Crippen molar-refractivity contribution in [1.82, 2.24) is 0 Å². The SMILES string of the molecule is O[C@@H](C#Cc1ccccc1Cl)c1ccccc1. The van der Waals surface area contributed by atoms with E-state index in [1.807, 2.05) is 48.5 Å². The molecular formula is C15H11ClO. The molecule has 0 unspecified atom stereocenters. The number of benzene rings is 2. The van der Waals surface area contributed by atoms with Crippen LogP contribution in [0.2, 0.25) is 5.02 Å². The van der Waals surface area contributed by atoms with Gasteiger partial charge < -0.3 is 5.11 Å². The van der Waals surface area contributed by atoms with Gasteiger partial charge in [-0.2, -0.15) is 0 Å². The molecule has 0 saturated heterocycles. The summed E-state index contributed by atoms with van der Waals surface area (Å²) in [6.07, 6.45) is -0.785. The van der Waals surface area contributed by atoms with Gasteiger partial charge in [-0.1, -0.05) is 65.9 Å². The van der Waals surface area contributed by atoms with E-state index < -0.39 is 6.10 Å². The lowest BCUT2D eigenvalue weighted by Crippen LogP contribution is -1.92. The molecule has 0 saturated carbocycles. The van der Waals surface area contributed by atoms with E-state index in [0.717, 1.165) is 11.1 Å². The van der Waals surface area contributed by atoms with Gasteiger partial charge in [0.1, 0.15) is 6.10 Å². The van der Waals surface area contributed by atoms with E-state index in [2.05, 4.69) is 11.8 Å². The molecule has 2 rings (SSSR count). The van der Waals surface area contributed by atoms with Gasteiger partial charge in [0.15, 0.2) is 0 Å². The van der Waals surface area contributed by atoms with Gasteiger partial charge in [-0.05, 0) is 17.7 Å². The number of aliphatic hydroxyl groups is 1. The van der Waals surface area contributed by atoms with Gasteiger partial charge in [0, 0.05) is 5.56 Å². The molecule has 0 heterocycles. The highest BCUT2D eigenvalue weighted by Gasteiger charge is 2.01. The minimum Gasteiger partial charge on any atom is -0.376 e. The first kappa shape index (κ1) is 11.7. The van der Waals surface area contributed by atoms with Gasteiger partial charge >= 0.3 is 0 Å². The molecule has 0 aliphatic carbocycles. The van der Waals surface area contributed by atoms with Crippen molar-refractivity contribution >= 4 is 11.6 Å². The standard InChI is InChI=1S/C15H11ClO/c16-14-9-5-4-6-12(14)10-11-15(17)13-7-2-1-3-8-13/h1-9,15,17H/t15-/m0/s1. The van der Waals surface area contributed by atoms with Crippen molar-refractivity contribution in [2.75, 3.05) is 0 Å². The average Bonchev–Trinajstić information content (AvgIpc) is 2.38. The van der Waals surface area contributed by atoms with Crippen LogP contribution in [-0.2, 0) is 0 Å². The number of rotatable bonds is 1. The maximum atomic E-state index is 9.86. The number of hydrogen-bond acceptors (Lipinski definition) is 1. The summed E-state index contributed by atoms with van der Waals surface area (Å²) in [5.41, 5.74) is 1.51. The van der Waals surface area contributed by atoms with E-state index in [-0.39, 0.29) is 0 Å². The summed E-state index contributed by atoms with van der Waals surface area (Å²) in [6.45, 7) is 0. The Morgan fingerprint density at radius 3 is 2.29 bits per heavy atom. The molecular weight excluding hydrogens is 232 g/mol. The second-order valence-corrected chi connectivity index (χ2v) is 3.97. The molecule has 0 aliphatic heterocycles. The predicted octanol–water partition coefficient (Wildman–Crippen LogP) is 3.43. The minimum atomic E-state index is -0.785. The van der Waals surface area contributed by atoms with Crippen LogP contribution in [0.15, 0.2) is 54.6 Å². The Morgan fingerprint density at radius 2 is 1.59 bits per heavy atom. The first-order valence-electron chi connectivity index (χ1n) is 5.26. The first-order valence-corrected chi connectivity index (χ1v) is 5.64. The van der Waals surface area contributed by atoms with Crippen molar-refractivity contribution in [2.45, 2.75) is 6.10 Å². The third-order valence-corrected chi connectivity index (χ3v) is 2.66. The van der Waals surface area contributed by atoms with Crippen molar-refractivity contribution in [2.24, 2.45) is 0 Å². The largest absolute Gasteiger partial charge is 0.376 e. The zero-order valence-electron chi connectivity index (χ0n) is 9.10. The van der Waals surface area contributed by atoms with Crippen LogP contribution in [0.1, 0.15) is 17.2 Å². The van der Waals surface area contributed by atoms with Crippen molar-refractivity contribution in [1.29, 1.82) is 0 Å².